The molecule has 4 saturated carbocycles. The van der Waals surface area contributed by atoms with Crippen molar-refractivity contribution in [3.63, 3.8) is 0 Å². The van der Waals surface area contributed by atoms with E-state index in [1.54, 1.807) is 5.57 Å². The van der Waals surface area contributed by atoms with Gasteiger partial charge >= 0.3 is 0 Å². The van der Waals surface area contributed by atoms with E-state index in [9.17, 15) is 0 Å². The summed E-state index contributed by atoms with van der Waals surface area (Å²) in [5, 5.41) is 0. The highest BCUT2D eigenvalue weighted by Crippen LogP contribution is 2.74. The van der Waals surface area contributed by atoms with Crippen LogP contribution in [-0.2, 0) is 9.47 Å². The number of fused-ring (bicyclic) bond motifs is 5. The molecule has 4 aliphatic carbocycles. The average molecular weight is 417 g/mol. The Hall–Kier alpha value is -0.340. The molecule has 0 aliphatic heterocycles. The molecule has 0 aromatic rings. The second-order valence-electron chi connectivity index (χ2n) is 12.1. The lowest BCUT2D eigenvalue weighted by atomic mass is 9.39. The number of allylic oxidation sites excluding steroid dienone is 1. The van der Waals surface area contributed by atoms with Crippen LogP contribution in [0.2, 0.25) is 0 Å². The van der Waals surface area contributed by atoms with Crippen molar-refractivity contribution in [2.75, 3.05) is 13.2 Å². The zero-order valence-electron chi connectivity index (χ0n) is 20.8. The molecule has 0 heterocycles. The monoisotopic (exact) mass is 416 g/mol. The molecule has 4 rings (SSSR count). The highest BCUT2D eigenvalue weighted by atomic mass is 16.5. The van der Waals surface area contributed by atoms with Gasteiger partial charge in [0.25, 0.3) is 0 Å². The molecule has 0 radical (unpaired) electrons. The van der Waals surface area contributed by atoms with Gasteiger partial charge in [0, 0.05) is 13.2 Å². The van der Waals surface area contributed by atoms with Crippen molar-refractivity contribution in [3.05, 3.63) is 12.2 Å². The van der Waals surface area contributed by atoms with E-state index in [1.165, 1.54) is 44.9 Å². The molecule has 2 nitrogen and oxygen atoms in total. The smallest absolute Gasteiger partial charge is 0.0614 e. The van der Waals surface area contributed by atoms with Gasteiger partial charge in [0.15, 0.2) is 0 Å². The first-order chi connectivity index (χ1) is 14.2. The molecule has 30 heavy (non-hydrogen) atoms. The topological polar surface area (TPSA) is 18.5 Å². The molecule has 0 amide bonds. The van der Waals surface area contributed by atoms with Crippen LogP contribution in [0, 0.1) is 39.9 Å². The molecule has 0 N–H and O–H groups in total. The normalized spacial score (nSPS) is 50.7. The third-order valence-electron chi connectivity index (χ3n) is 11.0. The van der Waals surface area contributed by atoms with Crippen molar-refractivity contribution in [2.45, 2.75) is 112 Å². The van der Waals surface area contributed by atoms with Gasteiger partial charge < -0.3 is 9.47 Å². The van der Waals surface area contributed by atoms with Gasteiger partial charge in [0.1, 0.15) is 0 Å². The van der Waals surface area contributed by atoms with Crippen LogP contribution in [0.4, 0.5) is 0 Å². The van der Waals surface area contributed by atoms with E-state index in [2.05, 4.69) is 41.5 Å². The summed E-state index contributed by atoms with van der Waals surface area (Å²) in [6.07, 6.45) is 12.1. The molecule has 2 heteroatoms. The molecule has 172 valence electrons. The molecule has 0 aromatic heterocycles. The fourth-order valence-corrected chi connectivity index (χ4v) is 8.79. The average Bonchev–Trinajstić information content (AvgIpc) is 2.97. The first-order valence-electron chi connectivity index (χ1n) is 13.1. The van der Waals surface area contributed by atoms with E-state index in [0.717, 1.165) is 43.8 Å². The fourth-order valence-electron chi connectivity index (χ4n) is 8.79. The Kier molecular flexibility index (Phi) is 6.26. The number of hydrogen-bond donors (Lipinski definition) is 0. The Bertz CT molecular complexity index is 643. The Morgan fingerprint density at radius 3 is 2.37 bits per heavy atom. The Labute approximate surface area is 186 Å². The maximum Gasteiger partial charge on any atom is 0.0614 e. The van der Waals surface area contributed by atoms with E-state index in [1.807, 2.05) is 0 Å². The van der Waals surface area contributed by atoms with E-state index < -0.39 is 0 Å². The third-order valence-corrected chi connectivity index (χ3v) is 11.0. The number of hydrogen-bond acceptors (Lipinski definition) is 2. The summed E-state index contributed by atoms with van der Waals surface area (Å²) in [6, 6.07) is 0. The summed E-state index contributed by atoms with van der Waals surface area (Å²) < 4.78 is 13.0. The SMILES string of the molecule is C=C1CC2C(C(OCCC)CC3C[C@H](OCCC)CCC32C)C2(C)CCC(C)C12C. The van der Waals surface area contributed by atoms with Crippen LogP contribution in [0.15, 0.2) is 12.2 Å². The van der Waals surface area contributed by atoms with Crippen LogP contribution in [0.25, 0.3) is 0 Å². The van der Waals surface area contributed by atoms with Gasteiger partial charge in [-0.15, -0.1) is 0 Å². The van der Waals surface area contributed by atoms with Gasteiger partial charge in [-0.2, -0.15) is 0 Å². The Morgan fingerprint density at radius 2 is 1.67 bits per heavy atom. The molecule has 4 aliphatic rings. The zero-order valence-corrected chi connectivity index (χ0v) is 20.8. The lowest BCUT2D eigenvalue weighted by molar-refractivity contribution is -0.203. The van der Waals surface area contributed by atoms with Gasteiger partial charge in [-0.1, -0.05) is 53.7 Å². The molecule has 4 fully saturated rings. The Morgan fingerprint density at radius 1 is 0.967 bits per heavy atom. The summed E-state index contributed by atoms with van der Waals surface area (Å²) in [4.78, 5) is 0. The minimum absolute atomic E-state index is 0.270. The van der Waals surface area contributed by atoms with E-state index in [0.29, 0.717) is 29.0 Å². The van der Waals surface area contributed by atoms with Gasteiger partial charge in [0.05, 0.1) is 12.2 Å². The van der Waals surface area contributed by atoms with Gasteiger partial charge in [-0.3, -0.25) is 0 Å². The standard InChI is InChI=1S/C28H48O2/c1-8-14-29-22-11-12-26(5)21(17-22)18-24(30-15-9-2)25-23(26)16-20(4)28(7)19(3)10-13-27(25,28)6/h19,21-25H,4,8-18H2,1-3,5-7H3/t19?,21?,22-,23?,24?,25?,26?,27?,28?/m1/s1. The lowest BCUT2D eigenvalue weighted by Gasteiger charge is -2.67. The van der Waals surface area contributed by atoms with Gasteiger partial charge in [0.2, 0.25) is 0 Å². The van der Waals surface area contributed by atoms with Gasteiger partial charge in [-0.25, -0.2) is 0 Å². The van der Waals surface area contributed by atoms with Crippen molar-refractivity contribution in [2.24, 2.45) is 39.9 Å². The largest absolute Gasteiger partial charge is 0.378 e. The van der Waals surface area contributed by atoms with E-state index in [4.69, 9.17) is 16.1 Å². The second-order valence-corrected chi connectivity index (χ2v) is 12.1. The molecule has 0 aromatic carbocycles. The summed E-state index contributed by atoms with van der Waals surface area (Å²) in [5.41, 5.74) is 2.57. The molecule has 0 saturated heterocycles. The number of ether oxygens (including phenoxy) is 2. The van der Waals surface area contributed by atoms with Crippen LogP contribution in [0.1, 0.15) is 99.3 Å². The minimum atomic E-state index is 0.270. The van der Waals surface area contributed by atoms with Crippen LogP contribution >= 0.6 is 0 Å². The van der Waals surface area contributed by atoms with Crippen molar-refractivity contribution >= 4 is 0 Å². The maximum atomic E-state index is 6.73. The maximum absolute atomic E-state index is 6.73. The van der Waals surface area contributed by atoms with Crippen molar-refractivity contribution < 1.29 is 9.47 Å². The minimum Gasteiger partial charge on any atom is -0.378 e. The quantitative estimate of drug-likeness (QED) is 0.419. The highest BCUT2D eigenvalue weighted by molar-refractivity contribution is 5.28. The first kappa shape index (κ1) is 22.8. The molecular formula is C28H48O2. The van der Waals surface area contributed by atoms with Crippen LogP contribution in [0.3, 0.4) is 0 Å². The predicted octanol–water partition coefficient (Wildman–Crippen LogP) is 7.42. The Balaban J connectivity index is 1.69. The summed E-state index contributed by atoms with van der Waals surface area (Å²) in [7, 11) is 0. The van der Waals surface area contributed by atoms with Crippen LogP contribution in [0.5, 0.6) is 0 Å². The second kappa shape index (κ2) is 8.22. The molecule has 8 unspecified atom stereocenters. The summed E-state index contributed by atoms with van der Waals surface area (Å²) in [6.45, 7) is 21.4. The lowest BCUT2D eigenvalue weighted by Crippen LogP contribution is -2.63. The van der Waals surface area contributed by atoms with Crippen molar-refractivity contribution in [1.29, 1.82) is 0 Å². The molecule has 9 atom stereocenters. The summed E-state index contributed by atoms with van der Waals surface area (Å²) >= 11 is 0. The van der Waals surface area contributed by atoms with E-state index >= 15 is 0 Å². The van der Waals surface area contributed by atoms with E-state index in [-0.39, 0.29) is 5.41 Å². The molecule has 0 spiro atoms. The third kappa shape index (κ3) is 3.18. The summed E-state index contributed by atoms with van der Waals surface area (Å²) in [5.74, 6) is 2.88. The van der Waals surface area contributed by atoms with Crippen LogP contribution < -0.4 is 0 Å². The fraction of sp³-hybridized carbons (Fsp3) is 0.929. The first-order valence-corrected chi connectivity index (χ1v) is 13.1. The molecular weight excluding hydrogens is 368 g/mol. The van der Waals surface area contributed by atoms with Crippen molar-refractivity contribution in [1.82, 2.24) is 0 Å². The van der Waals surface area contributed by atoms with Crippen LogP contribution in [-0.4, -0.2) is 25.4 Å². The van der Waals surface area contributed by atoms with Crippen molar-refractivity contribution in [3.8, 4) is 0 Å². The van der Waals surface area contributed by atoms with Gasteiger partial charge in [-0.05, 0) is 97.7 Å². The number of rotatable bonds is 6. The highest BCUT2D eigenvalue weighted by Gasteiger charge is 2.68. The molecule has 0 bridgehead atoms. The predicted molar refractivity (Wildman–Crippen MR) is 125 cm³/mol. The zero-order chi connectivity index (χ0) is 21.7.